The third kappa shape index (κ3) is 6.41. The van der Waals surface area contributed by atoms with E-state index in [1.165, 1.54) is 72.0 Å². The molecule has 0 saturated heterocycles. The highest BCUT2D eigenvalue weighted by atomic mass is 16.3. The van der Waals surface area contributed by atoms with Gasteiger partial charge in [-0.15, -0.1) is 0 Å². The second-order valence-electron chi connectivity index (χ2n) is 17.6. The fourth-order valence-corrected chi connectivity index (χ4v) is 10.8. The van der Waals surface area contributed by atoms with Gasteiger partial charge in [0, 0.05) is 27.8 Å². The van der Waals surface area contributed by atoms with Gasteiger partial charge in [0.1, 0.15) is 11.2 Å². The van der Waals surface area contributed by atoms with Crippen LogP contribution in [0, 0.1) is 0 Å². The van der Waals surface area contributed by atoms with E-state index >= 15 is 0 Å². The zero-order valence-corrected chi connectivity index (χ0v) is 36.7. The van der Waals surface area contributed by atoms with E-state index in [2.05, 4.69) is 254 Å². The first-order valence-electron chi connectivity index (χ1n) is 23.1. The lowest BCUT2D eigenvalue weighted by Gasteiger charge is -2.35. The molecular formula is C65H43NO. The minimum absolute atomic E-state index is 0.519. The molecule has 0 radical (unpaired) electrons. The van der Waals surface area contributed by atoms with Crippen LogP contribution in [0.1, 0.15) is 22.3 Å². The highest BCUT2D eigenvalue weighted by Gasteiger charge is 2.46. The molecule has 2 nitrogen and oxygen atoms in total. The average molecular weight is 854 g/mol. The number of para-hydroxylation sites is 1. The zero-order chi connectivity index (χ0) is 44.3. The Hall–Kier alpha value is -8.72. The summed E-state index contributed by atoms with van der Waals surface area (Å²) < 4.78 is 6.34. The van der Waals surface area contributed by atoms with Crippen LogP contribution in [0.4, 0.5) is 17.1 Å². The number of rotatable bonds is 8. The summed E-state index contributed by atoms with van der Waals surface area (Å²) in [4.78, 5) is 2.40. The molecule has 13 rings (SSSR count). The van der Waals surface area contributed by atoms with Gasteiger partial charge in [-0.1, -0.05) is 200 Å². The normalized spacial score (nSPS) is 12.6. The predicted octanol–water partition coefficient (Wildman–Crippen LogP) is 17.6. The van der Waals surface area contributed by atoms with Gasteiger partial charge in [-0.3, -0.25) is 0 Å². The van der Waals surface area contributed by atoms with Crippen molar-refractivity contribution in [2.45, 2.75) is 5.41 Å². The van der Waals surface area contributed by atoms with E-state index in [1.54, 1.807) is 0 Å². The molecule has 0 unspecified atom stereocenters. The third-order valence-electron chi connectivity index (χ3n) is 13.9. The van der Waals surface area contributed by atoms with Crippen LogP contribution in [0.25, 0.3) is 77.2 Å². The van der Waals surface area contributed by atoms with E-state index in [-0.39, 0.29) is 0 Å². The van der Waals surface area contributed by atoms with Crippen LogP contribution in [0.15, 0.2) is 265 Å². The maximum atomic E-state index is 6.34. The van der Waals surface area contributed by atoms with Gasteiger partial charge in [-0.2, -0.15) is 0 Å². The van der Waals surface area contributed by atoms with Gasteiger partial charge in [0.25, 0.3) is 0 Å². The van der Waals surface area contributed by atoms with Gasteiger partial charge in [0.15, 0.2) is 0 Å². The molecule has 11 aromatic carbocycles. The molecule has 0 spiro atoms. The van der Waals surface area contributed by atoms with E-state index in [1.807, 2.05) is 12.1 Å². The van der Waals surface area contributed by atoms with Crippen molar-refractivity contribution >= 4 is 49.8 Å². The average Bonchev–Trinajstić information content (AvgIpc) is 3.93. The van der Waals surface area contributed by atoms with Crippen LogP contribution in [0.5, 0.6) is 0 Å². The first-order valence-corrected chi connectivity index (χ1v) is 23.1. The van der Waals surface area contributed by atoms with E-state index in [4.69, 9.17) is 4.42 Å². The molecule has 0 amide bonds. The summed E-state index contributed by atoms with van der Waals surface area (Å²) in [6.07, 6.45) is 0. The lowest BCUT2D eigenvalue weighted by Crippen LogP contribution is -2.28. The summed E-state index contributed by atoms with van der Waals surface area (Å²) in [5.74, 6) is 0. The molecule has 1 aliphatic rings. The van der Waals surface area contributed by atoms with Gasteiger partial charge in [0.05, 0.1) is 5.41 Å². The fraction of sp³-hybridized carbons (Fsp3) is 0.0154. The molecule has 0 bridgehead atoms. The van der Waals surface area contributed by atoms with E-state index in [0.29, 0.717) is 0 Å². The highest BCUT2D eigenvalue weighted by Crippen LogP contribution is 2.57. The topological polar surface area (TPSA) is 16.4 Å². The first kappa shape index (κ1) is 38.7. The summed E-state index contributed by atoms with van der Waals surface area (Å²) >= 11 is 0. The monoisotopic (exact) mass is 853 g/mol. The molecule has 12 aromatic rings. The van der Waals surface area contributed by atoms with Crippen molar-refractivity contribution in [1.82, 2.24) is 0 Å². The fourth-order valence-electron chi connectivity index (χ4n) is 10.8. The molecule has 0 aliphatic heterocycles. The van der Waals surface area contributed by atoms with Gasteiger partial charge in [0.2, 0.25) is 0 Å². The summed E-state index contributed by atoms with van der Waals surface area (Å²) in [5, 5.41) is 4.71. The Kier molecular flexibility index (Phi) is 9.11. The first-order chi connectivity index (χ1) is 33.2. The van der Waals surface area contributed by atoms with Crippen LogP contribution in [-0.2, 0) is 5.41 Å². The smallest absolute Gasteiger partial charge is 0.135 e. The van der Waals surface area contributed by atoms with Crippen LogP contribution in [0.2, 0.25) is 0 Å². The molecule has 1 aromatic heterocycles. The van der Waals surface area contributed by atoms with E-state index in [9.17, 15) is 0 Å². The Balaban J connectivity index is 0.912. The number of benzene rings is 11. The third-order valence-corrected chi connectivity index (χ3v) is 13.9. The van der Waals surface area contributed by atoms with Crippen molar-refractivity contribution in [2.75, 3.05) is 4.90 Å². The van der Waals surface area contributed by atoms with E-state index < -0.39 is 5.41 Å². The van der Waals surface area contributed by atoms with Gasteiger partial charge >= 0.3 is 0 Å². The number of nitrogens with zero attached hydrogens (tertiary/aromatic N) is 1. The second kappa shape index (κ2) is 15.8. The van der Waals surface area contributed by atoms with Gasteiger partial charge in [-0.05, 0) is 138 Å². The standard InChI is InChI=1S/C65H43NO/c1-3-18-52(19-4-1)65(53-20-5-2-6-21-53)61-24-11-9-22-57(61)58-38-36-56(43-62(58)65)66(55-37-39-64-60(42-55)59-23-10-12-25-63(59)67-64)54-34-32-46(33-35-54)45-26-28-47(29-27-45)49-16-13-17-50(40-49)51-31-30-44-14-7-8-15-48(44)41-51/h1-43H. The number of hydrogen-bond acceptors (Lipinski definition) is 2. The number of anilines is 3. The number of furan rings is 1. The molecule has 1 aliphatic carbocycles. The molecule has 0 N–H and O–H groups in total. The maximum absolute atomic E-state index is 6.34. The van der Waals surface area contributed by atoms with Crippen LogP contribution < -0.4 is 4.90 Å². The summed E-state index contributed by atoms with van der Waals surface area (Å²) in [7, 11) is 0. The van der Waals surface area contributed by atoms with Crippen molar-refractivity contribution in [1.29, 1.82) is 0 Å². The van der Waals surface area contributed by atoms with Crippen molar-refractivity contribution in [3.63, 3.8) is 0 Å². The summed E-state index contributed by atoms with van der Waals surface area (Å²) in [6.45, 7) is 0. The number of hydrogen-bond donors (Lipinski definition) is 0. The molecule has 0 fully saturated rings. The Morgan fingerprint density at radius 1 is 0.284 bits per heavy atom. The maximum Gasteiger partial charge on any atom is 0.135 e. The molecule has 1 heterocycles. The second-order valence-corrected chi connectivity index (χ2v) is 17.6. The predicted molar refractivity (Wildman–Crippen MR) is 280 cm³/mol. The molecule has 67 heavy (non-hydrogen) atoms. The van der Waals surface area contributed by atoms with Crippen molar-refractivity contribution < 1.29 is 4.42 Å². The Morgan fingerprint density at radius 3 is 1.57 bits per heavy atom. The quantitative estimate of drug-likeness (QED) is 0.151. The molecule has 0 saturated carbocycles. The molecule has 314 valence electrons. The van der Waals surface area contributed by atoms with Crippen molar-refractivity contribution in [2.24, 2.45) is 0 Å². The summed E-state index contributed by atoms with van der Waals surface area (Å²) in [6, 6.07) is 95.1. The van der Waals surface area contributed by atoms with Crippen molar-refractivity contribution in [3.8, 4) is 44.5 Å². The Labute approximate surface area is 390 Å². The van der Waals surface area contributed by atoms with Crippen LogP contribution in [0.3, 0.4) is 0 Å². The Bertz CT molecular complexity index is 3750. The lowest BCUT2D eigenvalue weighted by atomic mass is 9.67. The van der Waals surface area contributed by atoms with Crippen LogP contribution in [-0.4, -0.2) is 0 Å². The van der Waals surface area contributed by atoms with Gasteiger partial charge in [-0.25, -0.2) is 0 Å². The number of fused-ring (bicyclic) bond motifs is 7. The minimum Gasteiger partial charge on any atom is -0.456 e. The minimum atomic E-state index is -0.519. The molecular weight excluding hydrogens is 811 g/mol. The SMILES string of the molecule is c1ccc(C2(c3ccccc3)c3ccccc3-c3ccc(N(c4ccc(-c5ccc(-c6cccc(-c7ccc8ccccc8c7)c6)cc5)cc4)c4ccc5oc6ccccc6c5c4)cc32)cc1. The highest BCUT2D eigenvalue weighted by molar-refractivity contribution is 6.06. The Morgan fingerprint density at radius 2 is 0.806 bits per heavy atom. The zero-order valence-electron chi connectivity index (χ0n) is 36.7. The van der Waals surface area contributed by atoms with Crippen LogP contribution >= 0.6 is 0 Å². The molecule has 0 atom stereocenters. The lowest BCUT2D eigenvalue weighted by molar-refractivity contribution is 0.669. The largest absolute Gasteiger partial charge is 0.456 e. The van der Waals surface area contributed by atoms with E-state index in [0.717, 1.165) is 44.6 Å². The summed E-state index contributed by atoms with van der Waals surface area (Å²) in [5.41, 5.74) is 19.2. The van der Waals surface area contributed by atoms with Crippen molar-refractivity contribution in [3.05, 3.63) is 283 Å². The van der Waals surface area contributed by atoms with Gasteiger partial charge < -0.3 is 9.32 Å². The molecule has 2 heteroatoms.